The van der Waals surface area contributed by atoms with E-state index in [0.717, 1.165) is 53.8 Å². The van der Waals surface area contributed by atoms with Gasteiger partial charge in [0.1, 0.15) is 0 Å². The van der Waals surface area contributed by atoms with E-state index >= 15 is 0 Å². The number of rotatable bonds is 7. The van der Waals surface area contributed by atoms with Gasteiger partial charge in [0.05, 0.1) is 0 Å². The average Bonchev–Trinajstić information content (AvgIpc) is 2.26. The van der Waals surface area contributed by atoms with Crippen molar-refractivity contribution < 1.29 is 0 Å². The number of nitrogens with one attached hydrogen (secondary N) is 1. The monoisotopic (exact) mass is 279 g/mol. The number of halogens is 3. The highest BCUT2D eigenvalue weighted by Gasteiger charge is 2.03. The first kappa shape index (κ1) is 14.1. The zero-order chi connectivity index (χ0) is 11.8. The van der Waals surface area contributed by atoms with Crippen molar-refractivity contribution in [2.24, 2.45) is 0 Å². The summed E-state index contributed by atoms with van der Waals surface area (Å²) in [6.45, 7) is 1.69. The fourth-order valence-electron chi connectivity index (χ4n) is 1.44. The van der Waals surface area contributed by atoms with Crippen molar-refractivity contribution in [3.8, 4) is 0 Å². The van der Waals surface area contributed by atoms with Gasteiger partial charge in [-0.25, -0.2) is 0 Å². The number of unbranched alkanes of at least 4 members (excludes halogenated alkanes) is 2. The Morgan fingerprint density at radius 1 is 1.00 bits per heavy atom. The molecule has 0 unspecified atom stereocenters. The Morgan fingerprint density at radius 2 is 1.69 bits per heavy atom. The van der Waals surface area contributed by atoms with Crippen molar-refractivity contribution in [3.63, 3.8) is 0 Å². The quantitative estimate of drug-likeness (QED) is 0.573. The molecular weight excluding hydrogens is 264 g/mol. The molecule has 1 nitrogen and oxygen atoms in total. The van der Waals surface area contributed by atoms with E-state index in [-0.39, 0.29) is 0 Å². The van der Waals surface area contributed by atoms with Crippen molar-refractivity contribution in [2.75, 3.05) is 12.4 Å². The van der Waals surface area contributed by atoms with E-state index in [9.17, 15) is 0 Å². The summed E-state index contributed by atoms with van der Waals surface area (Å²) in [5.41, 5.74) is 0.975. The van der Waals surface area contributed by atoms with E-state index in [4.69, 9.17) is 34.8 Å². The van der Waals surface area contributed by atoms with Gasteiger partial charge in [0.15, 0.2) is 0 Å². The largest absolute Gasteiger partial charge is 0.313 e. The molecule has 1 rings (SSSR count). The van der Waals surface area contributed by atoms with E-state index in [1.165, 1.54) is 0 Å². The van der Waals surface area contributed by atoms with Crippen LogP contribution in [0.5, 0.6) is 0 Å². The standard InChI is InChI=1S/C12H16Cl3N/c13-7-2-1-3-8-16-9-10-11(14)5-4-6-12(10)15/h4-6,16H,1-3,7-9H2. The van der Waals surface area contributed by atoms with Gasteiger partial charge in [0, 0.05) is 28.0 Å². The lowest BCUT2D eigenvalue weighted by atomic mass is 10.2. The fourth-order valence-corrected chi connectivity index (χ4v) is 2.16. The van der Waals surface area contributed by atoms with Crippen molar-refractivity contribution in [1.29, 1.82) is 0 Å². The Bertz CT molecular complexity index is 295. The molecule has 1 aromatic rings. The molecule has 90 valence electrons. The van der Waals surface area contributed by atoms with E-state index in [2.05, 4.69) is 5.32 Å². The lowest BCUT2D eigenvalue weighted by Crippen LogP contribution is -2.15. The third kappa shape index (κ3) is 4.92. The molecule has 0 saturated heterocycles. The van der Waals surface area contributed by atoms with Crippen LogP contribution in [0, 0.1) is 0 Å². The minimum Gasteiger partial charge on any atom is -0.313 e. The highest BCUT2D eigenvalue weighted by atomic mass is 35.5. The third-order valence-corrected chi connectivity index (χ3v) is 3.33. The van der Waals surface area contributed by atoms with Gasteiger partial charge in [-0.05, 0) is 31.5 Å². The number of hydrogen-bond donors (Lipinski definition) is 1. The second-order valence-electron chi connectivity index (χ2n) is 3.63. The maximum Gasteiger partial charge on any atom is 0.0465 e. The molecule has 0 saturated carbocycles. The van der Waals surface area contributed by atoms with Crippen molar-refractivity contribution >= 4 is 34.8 Å². The first-order chi connectivity index (χ1) is 7.75. The Morgan fingerprint density at radius 3 is 2.31 bits per heavy atom. The molecule has 0 radical (unpaired) electrons. The molecule has 0 amide bonds. The van der Waals surface area contributed by atoms with Gasteiger partial charge in [-0.2, -0.15) is 0 Å². The van der Waals surface area contributed by atoms with E-state index in [1.807, 2.05) is 18.2 Å². The first-order valence-corrected chi connectivity index (χ1v) is 6.74. The average molecular weight is 281 g/mol. The van der Waals surface area contributed by atoms with Crippen LogP contribution in [0.25, 0.3) is 0 Å². The minimum absolute atomic E-state index is 0.722. The highest BCUT2D eigenvalue weighted by Crippen LogP contribution is 2.23. The molecule has 1 N–H and O–H groups in total. The summed E-state index contributed by atoms with van der Waals surface area (Å²) in [7, 11) is 0. The zero-order valence-electron chi connectivity index (χ0n) is 9.11. The van der Waals surface area contributed by atoms with Gasteiger partial charge in [0.2, 0.25) is 0 Å². The second-order valence-corrected chi connectivity index (χ2v) is 4.82. The van der Waals surface area contributed by atoms with Crippen LogP contribution in [-0.4, -0.2) is 12.4 Å². The fraction of sp³-hybridized carbons (Fsp3) is 0.500. The molecule has 16 heavy (non-hydrogen) atoms. The van der Waals surface area contributed by atoms with Crippen LogP contribution in [0.15, 0.2) is 18.2 Å². The summed E-state index contributed by atoms with van der Waals surface area (Å²) >= 11 is 17.7. The lowest BCUT2D eigenvalue weighted by Gasteiger charge is -2.08. The minimum atomic E-state index is 0.722. The molecule has 4 heteroatoms. The molecule has 1 aromatic carbocycles. The Labute approximate surface area is 112 Å². The molecule has 0 heterocycles. The van der Waals surface area contributed by atoms with E-state index in [1.54, 1.807) is 0 Å². The maximum atomic E-state index is 6.05. The van der Waals surface area contributed by atoms with Crippen molar-refractivity contribution in [1.82, 2.24) is 5.32 Å². The van der Waals surface area contributed by atoms with Gasteiger partial charge in [0.25, 0.3) is 0 Å². The maximum absolute atomic E-state index is 6.05. The van der Waals surface area contributed by atoms with E-state index in [0.29, 0.717) is 0 Å². The first-order valence-electron chi connectivity index (χ1n) is 5.45. The SMILES string of the molecule is ClCCCCCNCc1c(Cl)cccc1Cl. The number of alkyl halides is 1. The molecule has 0 fully saturated rings. The van der Waals surface area contributed by atoms with Gasteiger partial charge in [-0.15, -0.1) is 11.6 Å². The number of benzene rings is 1. The smallest absolute Gasteiger partial charge is 0.0465 e. The Balaban J connectivity index is 2.26. The number of hydrogen-bond acceptors (Lipinski definition) is 1. The zero-order valence-corrected chi connectivity index (χ0v) is 11.4. The topological polar surface area (TPSA) is 12.0 Å². The molecule has 0 bridgehead atoms. The van der Waals surface area contributed by atoms with Crippen molar-refractivity contribution in [2.45, 2.75) is 25.8 Å². The van der Waals surface area contributed by atoms with Crippen LogP contribution < -0.4 is 5.32 Å². The predicted octanol–water partition coefficient (Wildman–Crippen LogP) is 4.49. The van der Waals surface area contributed by atoms with Crippen molar-refractivity contribution in [3.05, 3.63) is 33.8 Å². The summed E-state index contributed by atoms with van der Waals surface area (Å²) in [4.78, 5) is 0. The van der Waals surface area contributed by atoms with Crippen LogP contribution in [0.1, 0.15) is 24.8 Å². The van der Waals surface area contributed by atoms with E-state index < -0.39 is 0 Å². The Kier molecular flexibility index (Phi) is 7.22. The highest BCUT2D eigenvalue weighted by molar-refractivity contribution is 6.35. The van der Waals surface area contributed by atoms with Crippen LogP contribution >= 0.6 is 34.8 Å². The molecular formula is C12H16Cl3N. The molecule has 0 aliphatic heterocycles. The van der Waals surface area contributed by atoms with Crippen LogP contribution in [-0.2, 0) is 6.54 Å². The normalized spacial score (nSPS) is 10.7. The Hall–Kier alpha value is 0.0500. The van der Waals surface area contributed by atoms with Gasteiger partial charge < -0.3 is 5.32 Å². The molecule has 0 aromatic heterocycles. The predicted molar refractivity (Wildman–Crippen MR) is 72.7 cm³/mol. The molecule has 0 atom stereocenters. The summed E-state index contributed by atoms with van der Waals surface area (Å²) in [5, 5.41) is 4.78. The van der Waals surface area contributed by atoms with Gasteiger partial charge in [-0.1, -0.05) is 35.7 Å². The van der Waals surface area contributed by atoms with Gasteiger partial charge >= 0.3 is 0 Å². The second kappa shape index (κ2) is 8.19. The van der Waals surface area contributed by atoms with Crippen LogP contribution in [0.4, 0.5) is 0 Å². The van der Waals surface area contributed by atoms with Crippen LogP contribution in [0.2, 0.25) is 10.0 Å². The summed E-state index contributed by atoms with van der Waals surface area (Å²) < 4.78 is 0. The van der Waals surface area contributed by atoms with Crippen LogP contribution in [0.3, 0.4) is 0 Å². The molecule has 0 aliphatic rings. The summed E-state index contributed by atoms with van der Waals surface area (Å²) in [6.07, 6.45) is 3.37. The summed E-state index contributed by atoms with van der Waals surface area (Å²) in [6, 6.07) is 5.57. The molecule has 0 spiro atoms. The van der Waals surface area contributed by atoms with Gasteiger partial charge in [-0.3, -0.25) is 0 Å². The summed E-state index contributed by atoms with van der Waals surface area (Å²) in [5.74, 6) is 0.746. The lowest BCUT2D eigenvalue weighted by molar-refractivity contribution is 0.618. The molecule has 0 aliphatic carbocycles. The third-order valence-electron chi connectivity index (χ3n) is 2.35.